The van der Waals surface area contributed by atoms with E-state index >= 15 is 0 Å². The first-order valence-electron chi connectivity index (χ1n) is 7.43. The fraction of sp³-hybridized carbons (Fsp3) is 0.0625. The van der Waals surface area contributed by atoms with E-state index in [0.29, 0.717) is 11.4 Å². The molecule has 2 aromatic heterocycles. The first-order chi connectivity index (χ1) is 12.4. The van der Waals surface area contributed by atoms with E-state index in [-0.39, 0.29) is 17.1 Å². The van der Waals surface area contributed by atoms with E-state index in [4.69, 9.17) is 4.42 Å². The monoisotopic (exact) mass is 374 g/mol. The maximum Gasteiger partial charge on any atom is 0.276 e. The Balaban J connectivity index is 1.66. The van der Waals surface area contributed by atoms with Crippen LogP contribution in [0.4, 0.5) is 5.69 Å². The van der Waals surface area contributed by atoms with E-state index < -0.39 is 21.5 Å². The number of hydrogen-bond donors (Lipinski definition) is 3. The molecule has 0 aliphatic rings. The van der Waals surface area contributed by atoms with Crippen LogP contribution in [-0.4, -0.2) is 24.5 Å². The SMILES string of the molecule is O=C(Nc1ccc(S(=O)(=O)NCc2ccco2)cc1)c1ccc(=O)[nH]n1. The third kappa shape index (κ3) is 4.23. The molecule has 0 saturated carbocycles. The molecular weight excluding hydrogens is 360 g/mol. The van der Waals surface area contributed by atoms with Gasteiger partial charge < -0.3 is 9.73 Å². The number of benzene rings is 1. The number of hydrogen-bond acceptors (Lipinski definition) is 6. The van der Waals surface area contributed by atoms with E-state index in [1.54, 1.807) is 12.1 Å². The molecule has 3 N–H and O–H groups in total. The maximum atomic E-state index is 12.2. The Morgan fingerprint density at radius 2 is 1.88 bits per heavy atom. The van der Waals surface area contributed by atoms with Crippen LogP contribution in [0.25, 0.3) is 0 Å². The second kappa shape index (κ2) is 7.33. The molecule has 0 saturated heterocycles. The summed E-state index contributed by atoms with van der Waals surface area (Å²) in [4.78, 5) is 23.0. The number of aromatic amines is 1. The van der Waals surface area contributed by atoms with E-state index in [9.17, 15) is 18.0 Å². The number of nitrogens with one attached hydrogen (secondary N) is 3. The number of carbonyl (C=O) groups is 1. The Bertz CT molecular complexity index is 1040. The summed E-state index contributed by atoms with van der Waals surface area (Å²) in [7, 11) is -3.71. The average molecular weight is 374 g/mol. The molecule has 0 radical (unpaired) electrons. The van der Waals surface area contributed by atoms with Crippen molar-refractivity contribution in [1.82, 2.24) is 14.9 Å². The molecule has 0 spiro atoms. The molecule has 0 bridgehead atoms. The van der Waals surface area contributed by atoms with Crippen molar-refractivity contribution in [2.24, 2.45) is 0 Å². The Morgan fingerprint density at radius 3 is 2.50 bits per heavy atom. The van der Waals surface area contributed by atoms with Crippen molar-refractivity contribution < 1.29 is 17.6 Å². The highest BCUT2D eigenvalue weighted by molar-refractivity contribution is 7.89. The van der Waals surface area contributed by atoms with Crippen LogP contribution < -0.4 is 15.6 Å². The van der Waals surface area contributed by atoms with Gasteiger partial charge in [-0.1, -0.05) is 0 Å². The van der Waals surface area contributed by atoms with Crippen molar-refractivity contribution in [2.45, 2.75) is 11.4 Å². The van der Waals surface area contributed by atoms with Crippen molar-refractivity contribution in [3.05, 3.63) is 76.6 Å². The van der Waals surface area contributed by atoms with Crippen LogP contribution in [0, 0.1) is 0 Å². The summed E-state index contributed by atoms with van der Waals surface area (Å²) in [6, 6.07) is 11.4. The van der Waals surface area contributed by atoms with Crippen LogP contribution in [0.2, 0.25) is 0 Å². The molecular formula is C16H14N4O5S. The number of aromatic nitrogens is 2. The van der Waals surface area contributed by atoms with Crippen molar-refractivity contribution in [2.75, 3.05) is 5.32 Å². The predicted molar refractivity (Wildman–Crippen MR) is 92.0 cm³/mol. The number of H-pyrrole nitrogens is 1. The summed E-state index contributed by atoms with van der Waals surface area (Å²) in [5.41, 5.74) is -0.00689. The zero-order chi connectivity index (χ0) is 18.6. The quantitative estimate of drug-likeness (QED) is 0.591. The van der Waals surface area contributed by atoms with Gasteiger partial charge in [-0.15, -0.1) is 0 Å². The van der Waals surface area contributed by atoms with E-state index in [0.717, 1.165) is 0 Å². The molecule has 2 heterocycles. The highest BCUT2D eigenvalue weighted by Gasteiger charge is 2.15. The highest BCUT2D eigenvalue weighted by Crippen LogP contribution is 2.15. The van der Waals surface area contributed by atoms with Gasteiger partial charge >= 0.3 is 0 Å². The second-order valence-corrected chi connectivity index (χ2v) is 6.96. The lowest BCUT2D eigenvalue weighted by molar-refractivity contribution is 0.102. The third-order valence-corrected chi connectivity index (χ3v) is 4.77. The highest BCUT2D eigenvalue weighted by atomic mass is 32.2. The normalized spacial score (nSPS) is 11.2. The van der Waals surface area contributed by atoms with Crippen LogP contribution in [-0.2, 0) is 16.6 Å². The maximum absolute atomic E-state index is 12.2. The van der Waals surface area contributed by atoms with E-state index in [1.807, 2.05) is 0 Å². The Morgan fingerprint density at radius 1 is 1.12 bits per heavy atom. The van der Waals surface area contributed by atoms with E-state index in [2.05, 4.69) is 20.2 Å². The summed E-state index contributed by atoms with van der Waals surface area (Å²) in [6.07, 6.45) is 1.46. The standard InChI is InChI=1S/C16H14N4O5S/c21-15-8-7-14(19-20-15)16(22)18-11-3-5-13(6-4-11)26(23,24)17-10-12-2-1-9-25-12/h1-9,17H,10H2,(H,18,22)(H,20,21). The van der Waals surface area contributed by atoms with Gasteiger partial charge in [-0.3, -0.25) is 9.59 Å². The summed E-state index contributed by atoms with van der Waals surface area (Å²) in [5.74, 6) is -0.0429. The van der Waals surface area contributed by atoms with Gasteiger partial charge in [0.05, 0.1) is 17.7 Å². The van der Waals surface area contributed by atoms with Crippen molar-refractivity contribution in [3.63, 3.8) is 0 Å². The average Bonchev–Trinajstić information content (AvgIpc) is 3.15. The second-order valence-electron chi connectivity index (χ2n) is 5.19. The van der Waals surface area contributed by atoms with Crippen LogP contribution in [0.3, 0.4) is 0 Å². The topological polar surface area (TPSA) is 134 Å². The largest absolute Gasteiger partial charge is 0.468 e. The molecule has 0 atom stereocenters. The van der Waals surface area contributed by atoms with Gasteiger partial charge in [-0.05, 0) is 42.5 Å². The van der Waals surface area contributed by atoms with E-state index in [1.165, 1.54) is 42.7 Å². The first kappa shape index (κ1) is 17.6. The van der Waals surface area contributed by atoms with Gasteiger partial charge in [0.25, 0.3) is 11.5 Å². The van der Waals surface area contributed by atoms with Gasteiger partial charge in [0.1, 0.15) is 11.5 Å². The molecule has 3 rings (SSSR count). The van der Waals surface area contributed by atoms with Crippen molar-refractivity contribution in [1.29, 1.82) is 0 Å². The van der Waals surface area contributed by atoms with Gasteiger partial charge in [-0.25, -0.2) is 18.2 Å². The fourth-order valence-electron chi connectivity index (χ4n) is 2.05. The summed E-state index contributed by atoms with van der Waals surface area (Å²) < 4.78 is 32.0. The molecule has 0 fully saturated rings. The summed E-state index contributed by atoms with van der Waals surface area (Å²) in [5, 5.41) is 8.33. The van der Waals surface area contributed by atoms with Gasteiger partial charge in [0, 0.05) is 11.8 Å². The van der Waals surface area contributed by atoms with Crippen molar-refractivity contribution in [3.8, 4) is 0 Å². The van der Waals surface area contributed by atoms with Gasteiger partial charge in [0.2, 0.25) is 10.0 Å². The number of anilines is 1. The Hall–Kier alpha value is -3.24. The van der Waals surface area contributed by atoms with Gasteiger partial charge in [0.15, 0.2) is 0 Å². The lowest BCUT2D eigenvalue weighted by atomic mass is 10.3. The number of furan rings is 1. The third-order valence-electron chi connectivity index (χ3n) is 3.35. The number of rotatable bonds is 6. The number of carbonyl (C=O) groups excluding carboxylic acids is 1. The Kier molecular flexibility index (Phi) is 4.96. The minimum Gasteiger partial charge on any atom is -0.468 e. The van der Waals surface area contributed by atoms with Crippen LogP contribution in [0.5, 0.6) is 0 Å². The molecule has 1 aromatic carbocycles. The zero-order valence-corrected chi connectivity index (χ0v) is 14.1. The first-order valence-corrected chi connectivity index (χ1v) is 8.91. The van der Waals surface area contributed by atoms with Crippen LogP contribution in [0.15, 0.2) is 68.9 Å². The number of sulfonamides is 1. The smallest absolute Gasteiger partial charge is 0.276 e. The number of amides is 1. The molecule has 9 nitrogen and oxygen atoms in total. The molecule has 3 aromatic rings. The Labute approximate surface area is 148 Å². The molecule has 1 amide bonds. The minimum atomic E-state index is -3.71. The van der Waals surface area contributed by atoms with Crippen molar-refractivity contribution >= 4 is 21.6 Å². The minimum absolute atomic E-state index is 0.0291. The lowest BCUT2D eigenvalue weighted by Crippen LogP contribution is -2.23. The molecule has 134 valence electrons. The molecule has 10 heteroatoms. The molecule has 0 unspecified atom stereocenters. The fourth-order valence-corrected chi connectivity index (χ4v) is 3.04. The van der Waals surface area contributed by atoms with Crippen LogP contribution >= 0.6 is 0 Å². The number of nitrogens with zero attached hydrogens (tertiary/aromatic N) is 1. The molecule has 0 aliphatic carbocycles. The zero-order valence-electron chi connectivity index (χ0n) is 13.3. The van der Waals surface area contributed by atoms with Gasteiger partial charge in [-0.2, -0.15) is 5.10 Å². The molecule has 26 heavy (non-hydrogen) atoms. The summed E-state index contributed by atoms with van der Waals surface area (Å²) >= 11 is 0. The predicted octanol–water partition coefficient (Wildman–Crippen LogP) is 1.09. The molecule has 0 aliphatic heterocycles. The van der Waals surface area contributed by atoms with Crippen LogP contribution in [0.1, 0.15) is 16.2 Å². The summed E-state index contributed by atoms with van der Waals surface area (Å²) in [6.45, 7) is 0.0334. The lowest BCUT2D eigenvalue weighted by Gasteiger charge is -2.08.